The van der Waals surface area contributed by atoms with Gasteiger partial charge in [0.05, 0.1) is 12.5 Å². The Balaban J connectivity index is 1.88. The van der Waals surface area contributed by atoms with Gasteiger partial charge < -0.3 is 10.4 Å². The number of rotatable bonds is 5. The lowest BCUT2D eigenvalue weighted by molar-refractivity contribution is -0.143. The van der Waals surface area contributed by atoms with E-state index in [1.54, 1.807) is 6.33 Å². The van der Waals surface area contributed by atoms with E-state index in [9.17, 15) is 4.79 Å². The molecule has 1 aromatic heterocycles. The summed E-state index contributed by atoms with van der Waals surface area (Å²) < 4.78 is 1.89. The zero-order valence-corrected chi connectivity index (χ0v) is 11.5. The highest BCUT2D eigenvalue weighted by Crippen LogP contribution is 2.24. The topological polar surface area (TPSA) is 80.0 Å². The summed E-state index contributed by atoms with van der Waals surface area (Å²) in [5, 5.41) is 16.7. The molecule has 0 bridgehead atoms. The lowest BCUT2D eigenvalue weighted by atomic mass is 9.86. The first kappa shape index (κ1) is 14.0. The third kappa shape index (κ3) is 3.53. The zero-order valence-electron chi connectivity index (χ0n) is 11.5. The molecule has 0 amide bonds. The molecular formula is C13H22N4O2. The smallest absolute Gasteiger partial charge is 0.306 e. The van der Waals surface area contributed by atoms with Crippen molar-refractivity contribution in [2.24, 2.45) is 5.92 Å². The summed E-state index contributed by atoms with van der Waals surface area (Å²) in [6, 6.07) is 0.560. The molecule has 0 aliphatic heterocycles. The fourth-order valence-electron chi connectivity index (χ4n) is 2.67. The monoisotopic (exact) mass is 266 g/mol. The van der Waals surface area contributed by atoms with Crippen molar-refractivity contribution in [3.63, 3.8) is 0 Å². The van der Waals surface area contributed by atoms with E-state index in [2.05, 4.69) is 29.2 Å². The number of carbonyl (C=O) groups is 1. The van der Waals surface area contributed by atoms with Crippen molar-refractivity contribution in [3.8, 4) is 0 Å². The third-order valence-electron chi connectivity index (χ3n) is 3.71. The molecule has 0 spiro atoms. The zero-order chi connectivity index (χ0) is 13.8. The van der Waals surface area contributed by atoms with Gasteiger partial charge in [0.2, 0.25) is 0 Å². The predicted molar refractivity (Wildman–Crippen MR) is 70.6 cm³/mol. The summed E-state index contributed by atoms with van der Waals surface area (Å²) >= 11 is 0. The molecule has 19 heavy (non-hydrogen) atoms. The third-order valence-corrected chi connectivity index (χ3v) is 3.71. The maximum absolute atomic E-state index is 11.0. The number of nitrogens with one attached hydrogen (secondary N) is 1. The van der Waals surface area contributed by atoms with E-state index >= 15 is 0 Å². The molecule has 6 heteroatoms. The van der Waals surface area contributed by atoms with Gasteiger partial charge >= 0.3 is 5.97 Å². The summed E-state index contributed by atoms with van der Waals surface area (Å²) in [7, 11) is 0. The van der Waals surface area contributed by atoms with Crippen LogP contribution in [0.5, 0.6) is 0 Å². The van der Waals surface area contributed by atoms with E-state index in [0.717, 1.165) is 25.1 Å². The molecule has 2 rings (SSSR count). The van der Waals surface area contributed by atoms with E-state index in [1.165, 1.54) is 0 Å². The van der Waals surface area contributed by atoms with E-state index in [0.29, 0.717) is 13.0 Å². The van der Waals surface area contributed by atoms with Crippen LogP contribution in [-0.2, 0) is 11.3 Å². The first-order valence-corrected chi connectivity index (χ1v) is 6.92. The molecule has 1 aliphatic rings. The fraction of sp³-hybridized carbons (Fsp3) is 0.769. The van der Waals surface area contributed by atoms with Crippen LogP contribution in [0, 0.1) is 5.92 Å². The van der Waals surface area contributed by atoms with Gasteiger partial charge in [0.1, 0.15) is 12.2 Å². The standard InChI is InChI=1S/C13H22N4O2/c1-9(2)17-12(15-8-16-17)7-14-11-5-3-4-10(6-11)13(18)19/h8-11,14H,3-7H2,1-2H3,(H,18,19). The first-order valence-electron chi connectivity index (χ1n) is 6.92. The van der Waals surface area contributed by atoms with Crippen LogP contribution in [-0.4, -0.2) is 31.9 Å². The molecule has 2 atom stereocenters. The Morgan fingerprint density at radius 2 is 2.37 bits per heavy atom. The van der Waals surface area contributed by atoms with Gasteiger partial charge in [-0.05, 0) is 33.1 Å². The largest absolute Gasteiger partial charge is 0.481 e. The maximum atomic E-state index is 11.0. The lowest BCUT2D eigenvalue weighted by Gasteiger charge is -2.27. The molecule has 2 N–H and O–H groups in total. The molecule has 106 valence electrons. The molecule has 1 aliphatic carbocycles. The van der Waals surface area contributed by atoms with Gasteiger partial charge in [-0.2, -0.15) is 5.10 Å². The molecule has 0 aromatic carbocycles. The quantitative estimate of drug-likeness (QED) is 0.846. The van der Waals surface area contributed by atoms with Gasteiger partial charge in [-0.15, -0.1) is 0 Å². The second-order valence-corrected chi connectivity index (χ2v) is 5.49. The summed E-state index contributed by atoms with van der Waals surface area (Å²) in [6.45, 7) is 4.79. The van der Waals surface area contributed by atoms with Crippen LogP contribution in [0.1, 0.15) is 51.4 Å². The van der Waals surface area contributed by atoms with Crippen LogP contribution in [0.15, 0.2) is 6.33 Å². The number of hydrogen-bond acceptors (Lipinski definition) is 4. The van der Waals surface area contributed by atoms with Crippen molar-refractivity contribution in [3.05, 3.63) is 12.2 Å². The van der Waals surface area contributed by atoms with Crippen molar-refractivity contribution in [1.29, 1.82) is 0 Å². The molecule has 0 saturated heterocycles. The number of aliphatic carboxylic acids is 1. The Labute approximate surface area is 113 Å². The number of nitrogens with zero attached hydrogens (tertiary/aromatic N) is 3. The highest BCUT2D eigenvalue weighted by atomic mass is 16.4. The average molecular weight is 266 g/mol. The normalized spacial score (nSPS) is 23.7. The highest BCUT2D eigenvalue weighted by Gasteiger charge is 2.26. The van der Waals surface area contributed by atoms with Crippen LogP contribution in [0.4, 0.5) is 0 Å². The fourth-order valence-corrected chi connectivity index (χ4v) is 2.67. The SMILES string of the molecule is CC(C)n1ncnc1CNC1CCCC(C(=O)O)C1. The van der Waals surface area contributed by atoms with Crippen LogP contribution in [0.3, 0.4) is 0 Å². The second-order valence-electron chi connectivity index (χ2n) is 5.49. The van der Waals surface area contributed by atoms with Crippen molar-refractivity contribution < 1.29 is 9.90 Å². The van der Waals surface area contributed by atoms with Gasteiger partial charge in [0.15, 0.2) is 0 Å². The maximum Gasteiger partial charge on any atom is 0.306 e. The summed E-state index contributed by atoms with van der Waals surface area (Å²) in [4.78, 5) is 15.3. The van der Waals surface area contributed by atoms with Crippen molar-refractivity contribution in [2.45, 2.75) is 58.2 Å². The van der Waals surface area contributed by atoms with E-state index in [-0.39, 0.29) is 18.0 Å². The minimum atomic E-state index is -0.670. The Kier molecular flexibility index (Phi) is 4.52. The van der Waals surface area contributed by atoms with Crippen LogP contribution in [0.2, 0.25) is 0 Å². The molecular weight excluding hydrogens is 244 g/mol. The molecule has 1 heterocycles. The van der Waals surface area contributed by atoms with Crippen LogP contribution in [0.25, 0.3) is 0 Å². The second kappa shape index (κ2) is 6.14. The van der Waals surface area contributed by atoms with E-state index in [1.807, 2.05) is 4.68 Å². The first-order chi connectivity index (χ1) is 9.08. The molecule has 2 unspecified atom stereocenters. The summed E-state index contributed by atoms with van der Waals surface area (Å²) in [5.74, 6) is 0.0403. The number of carboxylic acid groups (broad SMARTS) is 1. The average Bonchev–Trinajstić information content (AvgIpc) is 2.85. The number of carboxylic acids is 1. The Morgan fingerprint density at radius 1 is 1.58 bits per heavy atom. The van der Waals surface area contributed by atoms with Gasteiger partial charge in [-0.3, -0.25) is 4.79 Å². The van der Waals surface area contributed by atoms with Gasteiger partial charge in [0, 0.05) is 12.1 Å². The molecule has 1 aromatic rings. The van der Waals surface area contributed by atoms with E-state index < -0.39 is 5.97 Å². The molecule has 1 fully saturated rings. The van der Waals surface area contributed by atoms with Crippen molar-refractivity contribution in [2.75, 3.05) is 0 Å². The van der Waals surface area contributed by atoms with Crippen molar-refractivity contribution >= 4 is 5.97 Å². The van der Waals surface area contributed by atoms with Crippen LogP contribution >= 0.6 is 0 Å². The highest BCUT2D eigenvalue weighted by molar-refractivity contribution is 5.70. The summed E-state index contributed by atoms with van der Waals surface area (Å²) in [6.07, 6.45) is 5.10. The minimum absolute atomic E-state index is 0.200. The Hall–Kier alpha value is -1.43. The Morgan fingerprint density at radius 3 is 3.05 bits per heavy atom. The van der Waals surface area contributed by atoms with Crippen molar-refractivity contribution in [1.82, 2.24) is 20.1 Å². The van der Waals surface area contributed by atoms with E-state index in [4.69, 9.17) is 5.11 Å². The molecule has 1 saturated carbocycles. The van der Waals surface area contributed by atoms with Crippen LogP contribution < -0.4 is 5.32 Å². The lowest BCUT2D eigenvalue weighted by Crippen LogP contribution is -2.36. The Bertz CT molecular complexity index is 430. The predicted octanol–water partition coefficient (Wildman–Crippen LogP) is 1.59. The number of hydrogen-bond donors (Lipinski definition) is 2. The minimum Gasteiger partial charge on any atom is -0.481 e. The van der Waals surface area contributed by atoms with Gasteiger partial charge in [-0.25, -0.2) is 9.67 Å². The van der Waals surface area contributed by atoms with Gasteiger partial charge in [-0.1, -0.05) is 6.42 Å². The number of aromatic nitrogens is 3. The molecule has 6 nitrogen and oxygen atoms in total. The molecule has 0 radical (unpaired) electrons. The summed E-state index contributed by atoms with van der Waals surface area (Å²) in [5.41, 5.74) is 0. The van der Waals surface area contributed by atoms with Gasteiger partial charge in [0.25, 0.3) is 0 Å².